The van der Waals surface area contributed by atoms with Crippen molar-refractivity contribution in [3.05, 3.63) is 22.2 Å². The van der Waals surface area contributed by atoms with E-state index in [9.17, 15) is 9.90 Å². The molecule has 0 aliphatic carbocycles. The molecule has 0 atom stereocenters. The average Bonchev–Trinajstić information content (AvgIpc) is 2.10. The van der Waals surface area contributed by atoms with E-state index in [1.165, 1.54) is 12.1 Å². The van der Waals surface area contributed by atoms with Crippen LogP contribution < -0.4 is 5.32 Å². The highest BCUT2D eigenvalue weighted by molar-refractivity contribution is 6.36. The molecule has 0 aliphatic rings. The van der Waals surface area contributed by atoms with Crippen LogP contribution in [0.5, 0.6) is 5.75 Å². The Morgan fingerprint density at radius 1 is 1.35 bits per heavy atom. The van der Waals surface area contributed by atoms with E-state index in [1.54, 1.807) is 20.8 Å². The van der Waals surface area contributed by atoms with Crippen LogP contribution in [0.2, 0.25) is 10.0 Å². The van der Waals surface area contributed by atoms with Gasteiger partial charge in [0.05, 0.1) is 10.7 Å². The number of hydrogen-bond acceptors (Lipinski definition) is 3. The fraction of sp³-hybridized carbons (Fsp3) is 0.364. The lowest BCUT2D eigenvalue weighted by atomic mass is 10.2. The van der Waals surface area contributed by atoms with Crippen molar-refractivity contribution >= 4 is 35.0 Å². The molecule has 6 heteroatoms. The summed E-state index contributed by atoms with van der Waals surface area (Å²) in [5.74, 6) is -0.248. The number of phenolic OH excluding ortho intramolecular Hbond substituents is 1. The molecule has 0 aromatic heterocycles. The molecular weight excluding hydrogens is 265 g/mol. The first-order valence-electron chi connectivity index (χ1n) is 4.87. The fourth-order valence-electron chi connectivity index (χ4n) is 1.07. The minimum absolute atomic E-state index is 0.0589. The Hall–Kier alpha value is -1.13. The summed E-state index contributed by atoms with van der Waals surface area (Å²) in [6, 6.07) is 2.76. The first-order valence-corrected chi connectivity index (χ1v) is 5.62. The van der Waals surface area contributed by atoms with Crippen molar-refractivity contribution in [2.75, 3.05) is 5.32 Å². The number of carbonyl (C=O) groups is 1. The van der Waals surface area contributed by atoms with Crippen LogP contribution in [0, 0.1) is 0 Å². The summed E-state index contributed by atoms with van der Waals surface area (Å²) in [5, 5.41) is 12.3. The second kappa shape index (κ2) is 5.02. The molecule has 0 bridgehead atoms. The highest BCUT2D eigenvalue weighted by atomic mass is 35.5. The van der Waals surface area contributed by atoms with Crippen molar-refractivity contribution in [1.29, 1.82) is 0 Å². The van der Waals surface area contributed by atoms with E-state index < -0.39 is 11.7 Å². The number of aromatic hydroxyl groups is 1. The predicted octanol–water partition coefficient (Wildman–Crippen LogP) is 4.05. The van der Waals surface area contributed by atoms with E-state index in [0.29, 0.717) is 5.02 Å². The zero-order valence-electron chi connectivity index (χ0n) is 9.67. The van der Waals surface area contributed by atoms with Crippen molar-refractivity contribution in [2.45, 2.75) is 26.4 Å². The Morgan fingerprint density at radius 3 is 2.47 bits per heavy atom. The van der Waals surface area contributed by atoms with Crippen molar-refractivity contribution in [3.8, 4) is 5.75 Å². The van der Waals surface area contributed by atoms with Gasteiger partial charge < -0.3 is 9.84 Å². The SMILES string of the molecule is CC(C)(C)OC(=O)Nc1cc(Cl)cc(Cl)c1O. The first-order chi connectivity index (χ1) is 7.69. The smallest absolute Gasteiger partial charge is 0.412 e. The van der Waals surface area contributed by atoms with Gasteiger partial charge in [0.25, 0.3) is 0 Å². The lowest BCUT2D eigenvalue weighted by Crippen LogP contribution is -2.27. The molecule has 0 saturated carbocycles. The normalized spacial score (nSPS) is 11.1. The van der Waals surface area contributed by atoms with Crippen molar-refractivity contribution in [2.24, 2.45) is 0 Å². The van der Waals surface area contributed by atoms with Crippen LogP contribution in [-0.4, -0.2) is 16.8 Å². The molecule has 4 nitrogen and oxygen atoms in total. The van der Waals surface area contributed by atoms with Gasteiger partial charge in [-0.3, -0.25) is 5.32 Å². The maximum atomic E-state index is 11.5. The number of ether oxygens (including phenoxy) is 1. The van der Waals surface area contributed by atoms with Gasteiger partial charge in [-0.15, -0.1) is 0 Å². The fourth-order valence-corrected chi connectivity index (χ4v) is 1.57. The van der Waals surface area contributed by atoms with E-state index in [1.807, 2.05) is 0 Å². The number of hydrogen-bond donors (Lipinski definition) is 2. The largest absolute Gasteiger partial charge is 0.504 e. The second-order valence-corrected chi connectivity index (χ2v) is 5.25. The Balaban J connectivity index is 2.85. The van der Waals surface area contributed by atoms with Gasteiger partial charge in [0, 0.05) is 5.02 Å². The highest BCUT2D eigenvalue weighted by Crippen LogP contribution is 2.35. The molecule has 1 aromatic rings. The quantitative estimate of drug-likeness (QED) is 0.762. The molecule has 0 radical (unpaired) electrons. The van der Waals surface area contributed by atoms with Gasteiger partial charge in [-0.05, 0) is 32.9 Å². The number of halogens is 2. The Labute approximate surface area is 109 Å². The van der Waals surface area contributed by atoms with E-state index in [4.69, 9.17) is 27.9 Å². The Bertz CT molecular complexity index is 441. The van der Waals surface area contributed by atoms with Crippen LogP contribution in [0.15, 0.2) is 12.1 Å². The third-order valence-electron chi connectivity index (χ3n) is 1.66. The van der Waals surface area contributed by atoms with Gasteiger partial charge in [0.1, 0.15) is 5.60 Å². The molecule has 0 spiro atoms. The van der Waals surface area contributed by atoms with Crippen molar-refractivity contribution in [3.63, 3.8) is 0 Å². The van der Waals surface area contributed by atoms with Crippen LogP contribution in [0.1, 0.15) is 20.8 Å². The molecule has 94 valence electrons. The van der Waals surface area contributed by atoms with Crippen LogP contribution in [0.25, 0.3) is 0 Å². The lowest BCUT2D eigenvalue weighted by molar-refractivity contribution is 0.0635. The number of anilines is 1. The summed E-state index contributed by atoms with van der Waals surface area (Å²) in [5.41, 5.74) is -0.515. The standard InChI is InChI=1S/C11H13Cl2NO3/c1-11(2,3)17-10(16)14-8-5-6(12)4-7(13)9(8)15/h4-5,15H,1-3H3,(H,14,16). The van der Waals surface area contributed by atoms with Gasteiger partial charge >= 0.3 is 6.09 Å². The number of benzene rings is 1. The number of nitrogens with one attached hydrogen (secondary N) is 1. The minimum atomic E-state index is -0.689. The van der Waals surface area contributed by atoms with Crippen molar-refractivity contribution < 1.29 is 14.6 Å². The molecule has 1 rings (SSSR count). The third kappa shape index (κ3) is 4.32. The molecule has 0 fully saturated rings. The molecular formula is C11H13Cl2NO3. The maximum absolute atomic E-state index is 11.5. The number of amides is 1. The Kier molecular flexibility index (Phi) is 4.11. The van der Waals surface area contributed by atoms with Gasteiger partial charge in [0.15, 0.2) is 5.75 Å². The van der Waals surface area contributed by atoms with Crippen LogP contribution in [0.4, 0.5) is 10.5 Å². The van der Waals surface area contributed by atoms with Gasteiger partial charge in [-0.1, -0.05) is 23.2 Å². The summed E-state index contributed by atoms with van der Waals surface area (Å²) in [6.45, 7) is 5.20. The monoisotopic (exact) mass is 277 g/mol. The van der Waals surface area contributed by atoms with Crippen LogP contribution in [0.3, 0.4) is 0 Å². The summed E-state index contributed by atoms with van der Waals surface area (Å²) in [7, 11) is 0. The lowest BCUT2D eigenvalue weighted by Gasteiger charge is -2.20. The van der Waals surface area contributed by atoms with Gasteiger partial charge in [-0.2, -0.15) is 0 Å². The molecule has 0 heterocycles. The molecule has 1 aromatic carbocycles. The molecule has 0 aliphatic heterocycles. The van der Waals surface area contributed by atoms with E-state index >= 15 is 0 Å². The predicted molar refractivity (Wildman–Crippen MR) is 68.0 cm³/mol. The van der Waals surface area contributed by atoms with Crippen molar-refractivity contribution in [1.82, 2.24) is 0 Å². The summed E-state index contributed by atoms with van der Waals surface area (Å²) in [4.78, 5) is 11.5. The number of rotatable bonds is 1. The Morgan fingerprint density at radius 2 is 1.94 bits per heavy atom. The minimum Gasteiger partial charge on any atom is -0.504 e. The highest BCUT2D eigenvalue weighted by Gasteiger charge is 2.18. The second-order valence-electron chi connectivity index (χ2n) is 4.41. The average molecular weight is 278 g/mol. The zero-order chi connectivity index (χ0) is 13.2. The molecule has 1 amide bonds. The number of phenols is 1. The molecule has 17 heavy (non-hydrogen) atoms. The number of carbonyl (C=O) groups excluding carboxylic acids is 1. The summed E-state index contributed by atoms with van der Waals surface area (Å²) < 4.78 is 5.03. The summed E-state index contributed by atoms with van der Waals surface area (Å²) in [6.07, 6.45) is -0.689. The van der Waals surface area contributed by atoms with E-state index in [0.717, 1.165) is 0 Å². The third-order valence-corrected chi connectivity index (χ3v) is 2.17. The summed E-state index contributed by atoms with van der Waals surface area (Å²) >= 11 is 11.5. The topological polar surface area (TPSA) is 58.6 Å². The van der Waals surface area contributed by atoms with Crippen LogP contribution >= 0.6 is 23.2 Å². The molecule has 2 N–H and O–H groups in total. The van der Waals surface area contributed by atoms with E-state index in [2.05, 4.69) is 5.32 Å². The van der Waals surface area contributed by atoms with Crippen LogP contribution in [-0.2, 0) is 4.74 Å². The zero-order valence-corrected chi connectivity index (χ0v) is 11.2. The molecule has 0 saturated heterocycles. The first kappa shape index (κ1) is 13.9. The van der Waals surface area contributed by atoms with E-state index in [-0.39, 0.29) is 16.5 Å². The van der Waals surface area contributed by atoms with Gasteiger partial charge in [-0.25, -0.2) is 4.79 Å². The maximum Gasteiger partial charge on any atom is 0.412 e. The van der Waals surface area contributed by atoms with Gasteiger partial charge in [0.2, 0.25) is 0 Å². The molecule has 0 unspecified atom stereocenters.